The second kappa shape index (κ2) is 14.6. The van der Waals surface area contributed by atoms with Crippen LogP contribution in [0.25, 0.3) is 0 Å². The van der Waals surface area contributed by atoms with E-state index >= 15 is 0 Å². The normalized spacial score (nSPS) is 20.1. The molecule has 0 aliphatic heterocycles. The highest BCUT2D eigenvalue weighted by Gasteiger charge is 2.41. The zero-order valence-corrected chi connectivity index (χ0v) is 41.8. The first-order valence-electron chi connectivity index (χ1n) is 23.9. The molecule has 0 aromatic heterocycles. The van der Waals surface area contributed by atoms with Crippen molar-refractivity contribution in [2.24, 2.45) is 0 Å². The summed E-state index contributed by atoms with van der Waals surface area (Å²) in [6.07, 6.45) is 7.17. The van der Waals surface area contributed by atoms with Crippen LogP contribution in [0.15, 0.2) is 91.0 Å². The third kappa shape index (κ3) is 7.74. The van der Waals surface area contributed by atoms with Gasteiger partial charge in [-0.15, -0.1) is 0 Å². The van der Waals surface area contributed by atoms with Crippen LogP contribution < -0.4 is 9.80 Å². The van der Waals surface area contributed by atoms with E-state index in [9.17, 15) is 0 Å². The molecule has 0 saturated carbocycles. The molecule has 0 radical (unpaired) electrons. The van der Waals surface area contributed by atoms with Crippen LogP contribution in [0.2, 0.25) is 0 Å². The molecule has 0 bridgehead atoms. The van der Waals surface area contributed by atoms with E-state index < -0.39 is 0 Å². The number of hydrogen-bond acceptors (Lipinski definition) is 2. The quantitative estimate of drug-likeness (QED) is 0.168. The Balaban J connectivity index is 1.39. The average Bonchev–Trinajstić information content (AvgIpc) is 3.18. The molecule has 8 rings (SSSR count). The molecule has 0 heterocycles. The Morgan fingerprint density at radius 2 is 0.694 bits per heavy atom. The SMILES string of the molecule is Cc1cc(N(c2ccc3c(c2)C(C)(C)CCC3(C)C)c2ccc3c(c2)C(C)(C)CCC3(C)C)cc(N(c2ccc3c(c2)C(C)(C)CCC3(C)C)c2ccc(C(C)(C)C)cc2C)c1. The van der Waals surface area contributed by atoms with Gasteiger partial charge in [0.1, 0.15) is 0 Å². The molecule has 0 fully saturated rings. The number of benzene rings is 5. The summed E-state index contributed by atoms with van der Waals surface area (Å²) in [7, 11) is 0. The summed E-state index contributed by atoms with van der Waals surface area (Å²) in [5, 5.41) is 0. The van der Waals surface area contributed by atoms with Gasteiger partial charge >= 0.3 is 0 Å². The lowest BCUT2D eigenvalue weighted by molar-refractivity contribution is 0.332. The highest BCUT2D eigenvalue weighted by molar-refractivity contribution is 5.85. The van der Waals surface area contributed by atoms with Crippen LogP contribution in [-0.2, 0) is 37.9 Å². The van der Waals surface area contributed by atoms with Crippen molar-refractivity contribution in [3.8, 4) is 0 Å². The number of nitrogens with zero attached hydrogens (tertiary/aromatic N) is 2. The van der Waals surface area contributed by atoms with Crippen LogP contribution >= 0.6 is 0 Å². The van der Waals surface area contributed by atoms with Gasteiger partial charge in [-0.1, -0.05) is 134 Å². The van der Waals surface area contributed by atoms with Crippen molar-refractivity contribution in [3.63, 3.8) is 0 Å². The van der Waals surface area contributed by atoms with E-state index in [0.29, 0.717) is 0 Å². The minimum Gasteiger partial charge on any atom is -0.310 e. The minimum absolute atomic E-state index is 0.0594. The monoisotopic (exact) mass is 827 g/mol. The topological polar surface area (TPSA) is 6.48 Å². The van der Waals surface area contributed by atoms with Gasteiger partial charge in [0.25, 0.3) is 0 Å². The van der Waals surface area contributed by atoms with Crippen molar-refractivity contribution in [2.45, 2.75) is 194 Å². The summed E-state index contributed by atoms with van der Waals surface area (Å²) in [6, 6.07) is 36.7. The molecule has 0 spiro atoms. The Bertz CT molecular complexity index is 2470. The third-order valence-corrected chi connectivity index (χ3v) is 16.2. The number of anilines is 6. The maximum atomic E-state index is 2.58. The zero-order valence-electron chi connectivity index (χ0n) is 41.8. The van der Waals surface area contributed by atoms with Crippen molar-refractivity contribution < 1.29 is 0 Å². The Morgan fingerprint density at radius 1 is 0.355 bits per heavy atom. The molecule has 3 aliphatic carbocycles. The van der Waals surface area contributed by atoms with Crippen LogP contribution in [-0.4, -0.2) is 0 Å². The largest absolute Gasteiger partial charge is 0.310 e. The first kappa shape index (κ1) is 44.3. The molecule has 5 aromatic carbocycles. The van der Waals surface area contributed by atoms with Crippen molar-refractivity contribution in [3.05, 3.63) is 141 Å². The number of aryl methyl sites for hydroxylation is 2. The lowest BCUT2D eigenvalue weighted by Crippen LogP contribution is -2.34. The molecule has 328 valence electrons. The van der Waals surface area contributed by atoms with Gasteiger partial charge in [-0.3, -0.25) is 0 Å². The van der Waals surface area contributed by atoms with Gasteiger partial charge in [-0.25, -0.2) is 0 Å². The summed E-state index contributed by atoms with van der Waals surface area (Å²) in [4.78, 5) is 5.14. The van der Waals surface area contributed by atoms with Gasteiger partial charge in [0.15, 0.2) is 0 Å². The number of hydrogen-bond donors (Lipinski definition) is 0. The molecule has 0 amide bonds. The van der Waals surface area contributed by atoms with Crippen LogP contribution in [0.5, 0.6) is 0 Å². The summed E-state index contributed by atoms with van der Waals surface area (Å²) in [5.41, 5.74) is 20.9. The van der Waals surface area contributed by atoms with E-state index in [4.69, 9.17) is 0 Å². The van der Waals surface area contributed by atoms with E-state index in [1.54, 1.807) is 0 Å². The average molecular weight is 827 g/mol. The zero-order chi connectivity index (χ0) is 45.2. The second-order valence-corrected chi connectivity index (χ2v) is 24.9. The Hall–Kier alpha value is -4.30. The van der Waals surface area contributed by atoms with E-state index in [0.717, 1.165) is 0 Å². The molecule has 2 heteroatoms. The van der Waals surface area contributed by atoms with Gasteiger partial charge in [-0.2, -0.15) is 0 Å². The van der Waals surface area contributed by atoms with Crippen molar-refractivity contribution in [1.29, 1.82) is 0 Å². The summed E-state index contributed by atoms with van der Waals surface area (Å²) in [5.74, 6) is 0. The van der Waals surface area contributed by atoms with E-state index in [1.165, 1.54) is 123 Å². The summed E-state index contributed by atoms with van der Waals surface area (Å²) in [6.45, 7) is 40.9. The van der Waals surface area contributed by atoms with Gasteiger partial charge in [0, 0.05) is 34.1 Å². The van der Waals surface area contributed by atoms with Crippen molar-refractivity contribution in [1.82, 2.24) is 0 Å². The Morgan fingerprint density at radius 3 is 1.05 bits per heavy atom. The van der Waals surface area contributed by atoms with E-state index in [-0.39, 0.29) is 37.9 Å². The fraction of sp³-hybridized carbons (Fsp3) is 0.500. The number of fused-ring (bicyclic) bond motifs is 3. The van der Waals surface area contributed by atoms with Crippen LogP contribution in [0.3, 0.4) is 0 Å². The molecule has 0 saturated heterocycles. The summed E-state index contributed by atoms with van der Waals surface area (Å²) >= 11 is 0. The van der Waals surface area contributed by atoms with Crippen LogP contribution in [0, 0.1) is 13.8 Å². The van der Waals surface area contributed by atoms with E-state index in [2.05, 4.69) is 218 Å². The molecule has 0 unspecified atom stereocenters. The molecule has 2 nitrogen and oxygen atoms in total. The Labute approximate surface area is 377 Å². The third-order valence-electron chi connectivity index (χ3n) is 16.2. The second-order valence-electron chi connectivity index (χ2n) is 24.9. The molecular weight excluding hydrogens is 749 g/mol. The highest BCUT2D eigenvalue weighted by atomic mass is 15.2. The predicted octanol–water partition coefficient (Wildman–Crippen LogP) is 17.6. The molecule has 0 atom stereocenters. The van der Waals surface area contributed by atoms with Crippen molar-refractivity contribution >= 4 is 34.1 Å². The minimum atomic E-state index is 0.0594. The predicted molar refractivity (Wildman–Crippen MR) is 270 cm³/mol. The molecule has 62 heavy (non-hydrogen) atoms. The van der Waals surface area contributed by atoms with Gasteiger partial charge in [0.05, 0.1) is 0 Å². The fourth-order valence-electron chi connectivity index (χ4n) is 11.4. The van der Waals surface area contributed by atoms with E-state index in [1.807, 2.05) is 0 Å². The molecule has 0 N–H and O–H groups in total. The molecule has 3 aliphatic rings. The fourth-order valence-corrected chi connectivity index (χ4v) is 11.4. The highest BCUT2D eigenvalue weighted by Crippen LogP contribution is 2.53. The number of rotatable bonds is 6. The van der Waals surface area contributed by atoms with Crippen molar-refractivity contribution in [2.75, 3.05) is 9.80 Å². The van der Waals surface area contributed by atoms with Gasteiger partial charge in [-0.05, 0) is 201 Å². The Kier molecular flexibility index (Phi) is 10.4. The lowest BCUT2D eigenvalue weighted by Gasteiger charge is -2.43. The summed E-state index contributed by atoms with van der Waals surface area (Å²) < 4.78 is 0. The van der Waals surface area contributed by atoms with Gasteiger partial charge < -0.3 is 9.80 Å². The lowest BCUT2D eigenvalue weighted by atomic mass is 9.63. The van der Waals surface area contributed by atoms with Crippen LogP contribution in [0.4, 0.5) is 34.1 Å². The molecule has 5 aromatic rings. The maximum Gasteiger partial charge on any atom is 0.0491 e. The smallest absolute Gasteiger partial charge is 0.0491 e. The van der Waals surface area contributed by atoms with Gasteiger partial charge in [0.2, 0.25) is 0 Å². The first-order chi connectivity index (χ1) is 28.6. The maximum absolute atomic E-state index is 2.58. The first-order valence-corrected chi connectivity index (χ1v) is 23.9. The van der Waals surface area contributed by atoms with Crippen LogP contribution in [0.1, 0.15) is 192 Å². The standard InChI is InChI=1S/C60H78N2/c1-39-32-45(35-46(33-39)62(53-25-18-41(34-40(53)2)54(3,4)5)44-21-24-49-52(38-44)60(16,17)31-28-57(49,10)11)61(42-19-22-47-50(36-42)58(12,13)29-26-55(47,6)7)43-20-23-48-51(37-43)59(14,15)30-27-56(48,8)9/h18-25,32-38H,26-31H2,1-17H3. The molecular formula is C60H78N2.